The zero-order chi connectivity index (χ0) is 11.4. The molecule has 0 aromatic heterocycles. The summed E-state index contributed by atoms with van der Waals surface area (Å²) in [6.45, 7) is 3.15. The van der Waals surface area contributed by atoms with Gasteiger partial charge in [0.15, 0.2) is 0 Å². The van der Waals surface area contributed by atoms with Crippen LogP contribution in [0.1, 0.15) is 32.1 Å². The number of amides is 1. The number of piperidine rings is 2. The Hall–Kier alpha value is -0.610. The van der Waals surface area contributed by atoms with E-state index in [1.54, 1.807) is 0 Å². The van der Waals surface area contributed by atoms with Crippen LogP contribution in [0.2, 0.25) is 0 Å². The molecule has 1 amide bonds. The van der Waals surface area contributed by atoms with Gasteiger partial charge in [-0.15, -0.1) is 0 Å². The van der Waals surface area contributed by atoms with Crippen molar-refractivity contribution in [2.75, 3.05) is 26.7 Å². The molecule has 2 aliphatic rings. The largest absolute Gasteiger partial charge is 0.351 e. The van der Waals surface area contributed by atoms with Gasteiger partial charge in [0, 0.05) is 12.6 Å². The summed E-state index contributed by atoms with van der Waals surface area (Å²) in [6, 6.07) is 0.413. The van der Waals surface area contributed by atoms with Crippen LogP contribution >= 0.6 is 0 Å². The van der Waals surface area contributed by atoms with Gasteiger partial charge in [-0.3, -0.25) is 4.79 Å². The van der Waals surface area contributed by atoms with E-state index in [1.165, 1.54) is 19.3 Å². The third-order valence-corrected chi connectivity index (χ3v) is 3.60. The summed E-state index contributed by atoms with van der Waals surface area (Å²) in [5, 5.41) is 6.47. The van der Waals surface area contributed by atoms with Gasteiger partial charge in [0.2, 0.25) is 5.91 Å². The van der Waals surface area contributed by atoms with E-state index >= 15 is 0 Å². The topological polar surface area (TPSA) is 44.4 Å². The van der Waals surface area contributed by atoms with Crippen molar-refractivity contribution >= 4 is 5.91 Å². The molecule has 0 spiro atoms. The van der Waals surface area contributed by atoms with Crippen LogP contribution < -0.4 is 10.6 Å². The third kappa shape index (κ3) is 3.19. The van der Waals surface area contributed by atoms with Crippen molar-refractivity contribution in [1.29, 1.82) is 0 Å². The van der Waals surface area contributed by atoms with Gasteiger partial charge < -0.3 is 15.5 Å². The normalized spacial score (nSPS) is 32.3. The second-order valence-electron chi connectivity index (χ2n) is 5.11. The molecule has 2 aliphatic heterocycles. The molecule has 2 rings (SSSR count). The molecule has 0 aromatic carbocycles. The zero-order valence-electron chi connectivity index (χ0n) is 10.2. The Labute approximate surface area is 97.8 Å². The number of nitrogens with one attached hydrogen (secondary N) is 2. The molecule has 0 bridgehead atoms. The fourth-order valence-corrected chi connectivity index (χ4v) is 2.66. The first-order valence-electron chi connectivity index (χ1n) is 6.48. The lowest BCUT2D eigenvalue weighted by Gasteiger charge is -2.32. The highest BCUT2D eigenvalue weighted by atomic mass is 16.2. The molecule has 2 fully saturated rings. The summed E-state index contributed by atoms with van der Waals surface area (Å²) >= 11 is 0. The van der Waals surface area contributed by atoms with E-state index in [2.05, 4.69) is 22.6 Å². The number of nitrogens with zero attached hydrogens (tertiary/aromatic N) is 1. The van der Waals surface area contributed by atoms with Gasteiger partial charge >= 0.3 is 0 Å². The van der Waals surface area contributed by atoms with Crippen LogP contribution in [0.15, 0.2) is 0 Å². The van der Waals surface area contributed by atoms with Gasteiger partial charge in [0.05, 0.1) is 6.04 Å². The average molecular weight is 225 g/mol. The number of likely N-dealkylation sites (tertiary alicyclic amines) is 1. The number of hydrogen-bond acceptors (Lipinski definition) is 3. The lowest BCUT2D eigenvalue weighted by Crippen LogP contribution is -2.53. The molecule has 0 saturated carbocycles. The predicted molar refractivity (Wildman–Crippen MR) is 64.3 cm³/mol. The Morgan fingerprint density at radius 2 is 2.19 bits per heavy atom. The van der Waals surface area contributed by atoms with Crippen molar-refractivity contribution in [3.8, 4) is 0 Å². The molecule has 16 heavy (non-hydrogen) atoms. The maximum atomic E-state index is 12.0. The third-order valence-electron chi connectivity index (χ3n) is 3.60. The fraction of sp³-hybridized carbons (Fsp3) is 0.917. The maximum absolute atomic E-state index is 12.0. The van der Waals surface area contributed by atoms with Crippen LogP contribution in [0.3, 0.4) is 0 Å². The van der Waals surface area contributed by atoms with Crippen LogP contribution in [0, 0.1) is 0 Å². The number of likely N-dealkylation sites (N-methyl/N-ethyl adjacent to an activating group) is 1. The Morgan fingerprint density at radius 1 is 1.31 bits per heavy atom. The van der Waals surface area contributed by atoms with E-state index in [9.17, 15) is 4.79 Å². The Morgan fingerprint density at radius 3 is 2.88 bits per heavy atom. The molecular formula is C12H23N3O. The predicted octanol–water partition coefficient (Wildman–Crippen LogP) is 0.339. The van der Waals surface area contributed by atoms with Crippen molar-refractivity contribution in [2.45, 2.75) is 44.2 Å². The highest BCUT2D eigenvalue weighted by molar-refractivity contribution is 5.82. The lowest BCUT2D eigenvalue weighted by molar-refractivity contribution is -0.124. The van der Waals surface area contributed by atoms with Crippen LogP contribution in [0.4, 0.5) is 0 Å². The minimum atomic E-state index is 0.0565. The van der Waals surface area contributed by atoms with E-state index in [-0.39, 0.29) is 11.9 Å². The Bertz CT molecular complexity index is 238. The van der Waals surface area contributed by atoms with Crippen LogP contribution in [-0.2, 0) is 4.79 Å². The van der Waals surface area contributed by atoms with E-state index in [1.807, 2.05) is 0 Å². The molecule has 92 valence electrons. The van der Waals surface area contributed by atoms with Crippen LogP contribution in [-0.4, -0.2) is 49.6 Å². The molecular weight excluding hydrogens is 202 g/mol. The first-order chi connectivity index (χ1) is 7.75. The molecule has 2 unspecified atom stereocenters. The van der Waals surface area contributed by atoms with Gasteiger partial charge in [0.1, 0.15) is 0 Å². The monoisotopic (exact) mass is 225 g/mol. The summed E-state index contributed by atoms with van der Waals surface area (Å²) in [5.74, 6) is 0.208. The zero-order valence-corrected chi connectivity index (χ0v) is 10.2. The maximum Gasteiger partial charge on any atom is 0.237 e. The van der Waals surface area contributed by atoms with Crippen molar-refractivity contribution in [1.82, 2.24) is 15.5 Å². The van der Waals surface area contributed by atoms with Gasteiger partial charge in [-0.05, 0) is 45.8 Å². The second-order valence-corrected chi connectivity index (χ2v) is 5.11. The Balaban J connectivity index is 1.77. The molecule has 0 aromatic rings. The van der Waals surface area contributed by atoms with E-state index < -0.39 is 0 Å². The van der Waals surface area contributed by atoms with E-state index in [4.69, 9.17) is 0 Å². The molecule has 0 radical (unpaired) electrons. The molecule has 4 heteroatoms. The van der Waals surface area contributed by atoms with Crippen LogP contribution in [0.5, 0.6) is 0 Å². The highest BCUT2D eigenvalue weighted by Crippen LogP contribution is 2.10. The smallest absolute Gasteiger partial charge is 0.237 e. The summed E-state index contributed by atoms with van der Waals surface area (Å²) in [5.41, 5.74) is 0. The van der Waals surface area contributed by atoms with Gasteiger partial charge in [0.25, 0.3) is 0 Å². The van der Waals surface area contributed by atoms with Crippen molar-refractivity contribution in [3.05, 3.63) is 0 Å². The first-order valence-corrected chi connectivity index (χ1v) is 6.48. The van der Waals surface area contributed by atoms with E-state index in [0.717, 1.165) is 32.5 Å². The lowest BCUT2D eigenvalue weighted by atomic mass is 10.0. The van der Waals surface area contributed by atoms with Gasteiger partial charge in [-0.25, -0.2) is 0 Å². The molecule has 2 saturated heterocycles. The van der Waals surface area contributed by atoms with Crippen molar-refractivity contribution < 1.29 is 4.79 Å². The molecule has 0 aliphatic carbocycles. The minimum Gasteiger partial charge on any atom is -0.351 e. The molecule has 2 atom stereocenters. The molecule has 4 nitrogen and oxygen atoms in total. The average Bonchev–Trinajstić information content (AvgIpc) is 2.30. The molecule has 2 N–H and O–H groups in total. The Kier molecular flexibility index (Phi) is 4.18. The first kappa shape index (κ1) is 11.9. The highest BCUT2D eigenvalue weighted by Gasteiger charge is 2.24. The number of hydrogen-bond donors (Lipinski definition) is 2. The number of rotatable bonds is 2. The van der Waals surface area contributed by atoms with Gasteiger partial charge in [-0.2, -0.15) is 0 Å². The van der Waals surface area contributed by atoms with Crippen molar-refractivity contribution in [2.24, 2.45) is 0 Å². The number of carbonyl (C=O) groups excluding carboxylic acids is 1. The summed E-state index contributed by atoms with van der Waals surface area (Å²) < 4.78 is 0. The summed E-state index contributed by atoms with van der Waals surface area (Å²) in [6.07, 6.45) is 5.70. The molecule has 2 heterocycles. The number of carbonyl (C=O) groups is 1. The van der Waals surface area contributed by atoms with Gasteiger partial charge in [-0.1, -0.05) is 6.42 Å². The van der Waals surface area contributed by atoms with E-state index in [0.29, 0.717) is 6.04 Å². The SMILES string of the molecule is CN1CCCC(NC(=O)C2CCCCN2)C1. The fourth-order valence-electron chi connectivity index (χ4n) is 2.66. The second kappa shape index (κ2) is 5.64. The quantitative estimate of drug-likeness (QED) is 0.712. The van der Waals surface area contributed by atoms with Crippen molar-refractivity contribution in [3.63, 3.8) is 0 Å². The summed E-state index contributed by atoms with van der Waals surface area (Å²) in [4.78, 5) is 14.3. The standard InChI is InChI=1S/C12H23N3O/c1-15-8-4-5-10(9-15)14-12(16)11-6-2-3-7-13-11/h10-11,13H,2-9H2,1H3,(H,14,16). The minimum absolute atomic E-state index is 0.0565. The van der Waals surface area contributed by atoms with Crippen LogP contribution in [0.25, 0.3) is 0 Å². The summed E-state index contributed by atoms with van der Waals surface area (Å²) in [7, 11) is 2.12.